The van der Waals surface area contributed by atoms with Crippen LogP contribution in [0.1, 0.15) is 180 Å². The largest absolute Gasteiger partial charge is 0.461 e. The van der Waals surface area contributed by atoms with E-state index in [4.69, 9.17) is 9.47 Å². The van der Waals surface area contributed by atoms with Crippen molar-refractivity contribution in [3.63, 3.8) is 0 Å². The predicted molar refractivity (Wildman–Crippen MR) is 229 cm³/mol. The van der Waals surface area contributed by atoms with Crippen molar-refractivity contribution in [2.24, 2.45) is 0 Å². The molecule has 0 saturated carbocycles. The smallest absolute Gasteiger partial charge is 0.307 e. The summed E-state index contributed by atoms with van der Waals surface area (Å²) >= 11 is 0. The molecule has 0 amide bonds. The zero-order chi connectivity index (χ0) is 38.9. The van der Waals surface area contributed by atoms with Gasteiger partial charge in [-0.25, -0.2) is 0 Å². The molecule has 2 rings (SSSR count). The number of hydrogen-bond acceptors (Lipinski definition) is 6. The van der Waals surface area contributed by atoms with Crippen LogP contribution in [0.4, 0.5) is 0 Å². The van der Waals surface area contributed by atoms with E-state index in [1.807, 2.05) is 24.3 Å². The third kappa shape index (κ3) is 23.9. The van der Waals surface area contributed by atoms with Crippen molar-refractivity contribution < 1.29 is 19.1 Å². The molecule has 2 aromatic rings. The monoisotopic (exact) mass is 749 g/mol. The van der Waals surface area contributed by atoms with Gasteiger partial charge in [-0.15, -0.1) is 0 Å². The van der Waals surface area contributed by atoms with Gasteiger partial charge < -0.3 is 19.3 Å². The summed E-state index contributed by atoms with van der Waals surface area (Å²) in [5, 5.41) is 0. The van der Waals surface area contributed by atoms with Crippen LogP contribution in [0.15, 0.2) is 48.5 Å². The Hall–Kier alpha value is -2.70. The van der Waals surface area contributed by atoms with Crippen molar-refractivity contribution in [3.05, 3.63) is 59.7 Å². The minimum absolute atomic E-state index is 0.120. The van der Waals surface area contributed by atoms with Crippen LogP contribution in [0, 0.1) is 0 Å². The Morgan fingerprint density at radius 3 is 0.944 bits per heavy atom. The topological polar surface area (TPSA) is 59.1 Å². The van der Waals surface area contributed by atoms with E-state index in [2.05, 4.69) is 61.8 Å². The minimum atomic E-state index is -0.120. The van der Waals surface area contributed by atoms with E-state index in [1.165, 1.54) is 128 Å². The predicted octanol–water partition coefficient (Wildman–Crippen LogP) is 12.7. The molecule has 0 radical (unpaired) electrons. The number of carbonyl (C=O) groups is 2. The number of nitrogens with zero attached hydrogens (tertiary/aromatic N) is 2. The fourth-order valence-corrected chi connectivity index (χ4v) is 6.98. The molecule has 306 valence electrons. The van der Waals surface area contributed by atoms with Crippen molar-refractivity contribution in [2.75, 3.05) is 39.3 Å². The number of rotatable bonds is 35. The maximum atomic E-state index is 12.7. The summed E-state index contributed by atoms with van der Waals surface area (Å²) < 4.78 is 11.4. The maximum absolute atomic E-state index is 12.7. The van der Waals surface area contributed by atoms with Crippen LogP contribution in [0.25, 0.3) is 11.1 Å². The summed E-state index contributed by atoms with van der Waals surface area (Å²) in [7, 11) is 0. The SMILES string of the molecule is CCCCCCCN(CCCCCCC)CCC(=O)OCc1ccc(-c2ccc(COC(=O)CCN(CCCCCCC)CCCCCCC)cc2)cc1. The van der Waals surface area contributed by atoms with Gasteiger partial charge in [-0.05, 0) is 74.1 Å². The quantitative estimate of drug-likeness (QED) is 0.0517. The molecule has 0 saturated heterocycles. The van der Waals surface area contributed by atoms with Crippen molar-refractivity contribution in [1.82, 2.24) is 9.80 Å². The maximum Gasteiger partial charge on any atom is 0.307 e. The van der Waals surface area contributed by atoms with Crippen LogP contribution in [0.5, 0.6) is 0 Å². The molecule has 0 unspecified atom stereocenters. The number of benzene rings is 2. The second kappa shape index (κ2) is 32.5. The highest BCUT2D eigenvalue weighted by molar-refractivity contribution is 5.70. The standard InChI is InChI=1S/C48H80N2O4/c1-5-9-13-17-21-35-49(36-22-18-14-10-6-2)39-33-47(51)53-41-43-25-29-45(30-26-43)46-31-27-44(28-32-46)42-54-48(52)34-40-50(37-23-19-15-11-7-3)38-24-20-16-12-8-4/h25-32H,5-24,33-42H2,1-4H3. The molecule has 0 N–H and O–H groups in total. The van der Waals surface area contributed by atoms with Crippen LogP contribution in [0.2, 0.25) is 0 Å². The van der Waals surface area contributed by atoms with Crippen molar-refractivity contribution in [2.45, 2.75) is 182 Å². The van der Waals surface area contributed by atoms with Gasteiger partial charge in [-0.1, -0.05) is 179 Å². The third-order valence-corrected chi connectivity index (χ3v) is 10.6. The molecule has 54 heavy (non-hydrogen) atoms. The number of esters is 2. The summed E-state index contributed by atoms with van der Waals surface area (Å²) in [6, 6.07) is 16.5. The summed E-state index contributed by atoms with van der Waals surface area (Å²) in [5.41, 5.74) is 4.19. The van der Waals surface area contributed by atoms with Gasteiger partial charge in [0.15, 0.2) is 0 Å². The molecule has 0 atom stereocenters. The first-order valence-electron chi connectivity index (χ1n) is 22.4. The van der Waals surface area contributed by atoms with Gasteiger partial charge in [-0.3, -0.25) is 9.59 Å². The number of hydrogen-bond donors (Lipinski definition) is 0. The number of carbonyl (C=O) groups excluding carboxylic acids is 2. The van der Waals surface area contributed by atoms with Gasteiger partial charge >= 0.3 is 11.9 Å². The molecule has 0 aliphatic heterocycles. The van der Waals surface area contributed by atoms with Gasteiger partial charge in [0.2, 0.25) is 0 Å². The molecule has 0 aliphatic carbocycles. The second-order valence-electron chi connectivity index (χ2n) is 15.6. The van der Waals surface area contributed by atoms with E-state index >= 15 is 0 Å². The Morgan fingerprint density at radius 2 is 0.667 bits per heavy atom. The van der Waals surface area contributed by atoms with E-state index in [0.29, 0.717) is 26.1 Å². The Kier molecular flexibility index (Phi) is 28.6. The molecule has 6 heteroatoms. The average molecular weight is 749 g/mol. The minimum Gasteiger partial charge on any atom is -0.461 e. The molecule has 0 spiro atoms. The van der Waals surface area contributed by atoms with Gasteiger partial charge in [0.1, 0.15) is 13.2 Å². The van der Waals surface area contributed by atoms with Gasteiger partial charge in [0, 0.05) is 13.1 Å². The lowest BCUT2D eigenvalue weighted by Crippen LogP contribution is -2.29. The van der Waals surface area contributed by atoms with E-state index in [1.54, 1.807) is 0 Å². The fourth-order valence-electron chi connectivity index (χ4n) is 6.98. The Bertz CT molecular complexity index is 1060. The first kappa shape index (κ1) is 47.5. The van der Waals surface area contributed by atoms with E-state index in [-0.39, 0.29) is 11.9 Å². The van der Waals surface area contributed by atoms with Gasteiger partial charge in [-0.2, -0.15) is 0 Å². The first-order valence-corrected chi connectivity index (χ1v) is 22.4. The highest BCUT2D eigenvalue weighted by atomic mass is 16.5. The molecule has 0 bridgehead atoms. The highest BCUT2D eigenvalue weighted by Crippen LogP contribution is 2.21. The normalized spacial score (nSPS) is 11.4. The highest BCUT2D eigenvalue weighted by Gasteiger charge is 2.12. The third-order valence-electron chi connectivity index (χ3n) is 10.6. The van der Waals surface area contributed by atoms with Crippen LogP contribution in [-0.2, 0) is 32.3 Å². The van der Waals surface area contributed by atoms with Gasteiger partial charge in [0.25, 0.3) is 0 Å². The van der Waals surface area contributed by atoms with Crippen molar-refractivity contribution >= 4 is 11.9 Å². The van der Waals surface area contributed by atoms with Crippen LogP contribution in [0.3, 0.4) is 0 Å². The Balaban J connectivity index is 1.74. The lowest BCUT2D eigenvalue weighted by Gasteiger charge is -2.22. The lowest BCUT2D eigenvalue weighted by atomic mass is 10.0. The molecule has 0 fully saturated rings. The van der Waals surface area contributed by atoms with Crippen LogP contribution >= 0.6 is 0 Å². The molecule has 2 aromatic carbocycles. The van der Waals surface area contributed by atoms with Crippen molar-refractivity contribution in [3.8, 4) is 11.1 Å². The van der Waals surface area contributed by atoms with Crippen LogP contribution < -0.4 is 0 Å². The lowest BCUT2D eigenvalue weighted by molar-refractivity contribution is -0.146. The second-order valence-corrected chi connectivity index (χ2v) is 15.6. The Morgan fingerprint density at radius 1 is 0.389 bits per heavy atom. The van der Waals surface area contributed by atoms with Crippen LogP contribution in [-0.4, -0.2) is 61.0 Å². The van der Waals surface area contributed by atoms with Crippen molar-refractivity contribution in [1.29, 1.82) is 0 Å². The Labute approximate surface area is 332 Å². The summed E-state index contributed by atoms with van der Waals surface area (Å²) in [6.45, 7) is 15.5. The van der Waals surface area contributed by atoms with E-state index in [0.717, 1.165) is 61.5 Å². The molecule has 0 aromatic heterocycles. The van der Waals surface area contributed by atoms with E-state index < -0.39 is 0 Å². The molecule has 6 nitrogen and oxygen atoms in total. The summed E-state index contributed by atoms with van der Waals surface area (Å²) in [5.74, 6) is -0.240. The molecule has 0 heterocycles. The fraction of sp³-hybridized carbons (Fsp3) is 0.708. The zero-order valence-corrected chi connectivity index (χ0v) is 35.4. The first-order chi connectivity index (χ1) is 26.5. The van der Waals surface area contributed by atoms with Gasteiger partial charge in [0.05, 0.1) is 12.8 Å². The number of unbranched alkanes of at least 4 members (excludes halogenated alkanes) is 16. The zero-order valence-electron chi connectivity index (χ0n) is 35.4. The molecule has 0 aliphatic rings. The molecular weight excluding hydrogens is 669 g/mol. The summed E-state index contributed by atoms with van der Waals surface area (Å²) in [6.07, 6.45) is 26.4. The number of ether oxygens (including phenoxy) is 2. The average Bonchev–Trinajstić information content (AvgIpc) is 3.19. The molecular formula is C48H80N2O4. The van der Waals surface area contributed by atoms with E-state index in [9.17, 15) is 9.59 Å². The summed E-state index contributed by atoms with van der Waals surface area (Å²) in [4.78, 5) is 30.3.